The van der Waals surface area contributed by atoms with Crippen LogP contribution in [0.15, 0.2) is 36.4 Å². The van der Waals surface area contributed by atoms with E-state index in [1.165, 1.54) is 0 Å². The second-order valence-corrected chi connectivity index (χ2v) is 6.92. The second-order valence-electron chi connectivity index (χ2n) is 4.55. The van der Waals surface area contributed by atoms with E-state index in [-0.39, 0.29) is 6.61 Å². The first-order chi connectivity index (χ1) is 10.1. The molecule has 2 rings (SSSR count). The molecule has 0 aliphatic rings. The molecule has 0 aromatic heterocycles. The fourth-order valence-corrected chi connectivity index (χ4v) is 3.34. The summed E-state index contributed by atoms with van der Waals surface area (Å²) in [6.07, 6.45) is 0.342. The van der Waals surface area contributed by atoms with E-state index in [1.54, 1.807) is 19.9 Å². The monoisotopic (exact) mass is 303 g/mol. The summed E-state index contributed by atoms with van der Waals surface area (Å²) in [7, 11) is -3.03. The Balaban J connectivity index is 2.32. The SMILES string of the molecule is CCOP(=O)(CC)OCc1ccc(C#N)c2ccccc12. The molecule has 0 N–H and O–H groups in total. The number of nitrogens with zero attached hydrogens (tertiary/aromatic N) is 1. The molecule has 2 aromatic rings. The van der Waals surface area contributed by atoms with Gasteiger partial charge in [0.25, 0.3) is 0 Å². The molecule has 0 fully saturated rings. The molecule has 0 saturated carbocycles. The zero-order chi connectivity index (χ0) is 15.3. The molecular formula is C16H18NO3P. The minimum absolute atomic E-state index is 0.206. The summed E-state index contributed by atoms with van der Waals surface area (Å²) < 4.78 is 23.1. The molecule has 110 valence electrons. The molecule has 0 heterocycles. The summed E-state index contributed by atoms with van der Waals surface area (Å²) in [6.45, 7) is 4.15. The number of hydrogen-bond acceptors (Lipinski definition) is 4. The first-order valence-electron chi connectivity index (χ1n) is 6.92. The third-order valence-electron chi connectivity index (χ3n) is 3.26. The van der Waals surface area contributed by atoms with Crippen LogP contribution in [0.3, 0.4) is 0 Å². The van der Waals surface area contributed by atoms with E-state index in [2.05, 4.69) is 6.07 Å². The van der Waals surface area contributed by atoms with Crippen LogP contribution in [0.4, 0.5) is 0 Å². The molecule has 21 heavy (non-hydrogen) atoms. The van der Waals surface area contributed by atoms with Crippen molar-refractivity contribution >= 4 is 18.4 Å². The van der Waals surface area contributed by atoms with E-state index in [4.69, 9.17) is 14.3 Å². The lowest BCUT2D eigenvalue weighted by Gasteiger charge is -2.17. The second kappa shape index (κ2) is 6.87. The van der Waals surface area contributed by atoms with Crippen molar-refractivity contribution in [1.82, 2.24) is 0 Å². The highest BCUT2D eigenvalue weighted by Crippen LogP contribution is 2.48. The highest BCUT2D eigenvalue weighted by atomic mass is 31.2. The average molecular weight is 303 g/mol. The molecule has 5 heteroatoms. The van der Waals surface area contributed by atoms with Gasteiger partial charge in [-0.15, -0.1) is 0 Å². The molecule has 0 bridgehead atoms. The van der Waals surface area contributed by atoms with Crippen molar-refractivity contribution in [3.63, 3.8) is 0 Å². The van der Waals surface area contributed by atoms with Crippen LogP contribution >= 0.6 is 7.60 Å². The topological polar surface area (TPSA) is 59.3 Å². The van der Waals surface area contributed by atoms with Gasteiger partial charge in [0.2, 0.25) is 0 Å². The first kappa shape index (κ1) is 15.7. The Labute approximate surface area is 124 Å². The highest BCUT2D eigenvalue weighted by molar-refractivity contribution is 7.53. The summed E-state index contributed by atoms with van der Waals surface area (Å²) in [5.41, 5.74) is 1.52. The Kier molecular flexibility index (Phi) is 5.14. The molecule has 2 aromatic carbocycles. The van der Waals surface area contributed by atoms with Crippen LogP contribution in [-0.2, 0) is 20.2 Å². The molecule has 0 aliphatic carbocycles. The van der Waals surface area contributed by atoms with E-state index in [0.717, 1.165) is 16.3 Å². The van der Waals surface area contributed by atoms with Crippen molar-refractivity contribution in [2.24, 2.45) is 0 Å². The largest absolute Gasteiger partial charge is 0.330 e. The fraction of sp³-hybridized carbons (Fsp3) is 0.312. The molecular weight excluding hydrogens is 285 g/mol. The molecule has 1 unspecified atom stereocenters. The lowest BCUT2D eigenvalue weighted by atomic mass is 10.0. The maximum atomic E-state index is 12.3. The van der Waals surface area contributed by atoms with E-state index in [1.807, 2.05) is 30.3 Å². The predicted octanol–water partition coefficient (Wildman–Crippen LogP) is 4.48. The van der Waals surface area contributed by atoms with Gasteiger partial charge in [-0.25, -0.2) is 0 Å². The van der Waals surface area contributed by atoms with Crippen LogP contribution in [0.25, 0.3) is 10.8 Å². The van der Waals surface area contributed by atoms with Crippen molar-refractivity contribution in [2.75, 3.05) is 12.8 Å². The van der Waals surface area contributed by atoms with Crippen molar-refractivity contribution in [2.45, 2.75) is 20.5 Å². The molecule has 0 saturated heterocycles. The van der Waals surface area contributed by atoms with Crippen LogP contribution in [0, 0.1) is 11.3 Å². The summed E-state index contributed by atoms with van der Waals surface area (Å²) in [6, 6.07) is 13.4. The van der Waals surface area contributed by atoms with Gasteiger partial charge in [-0.1, -0.05) is 37.3 Å². The van der Waals surface area contributed by atoms with Crippen molar-refractivity contribution in [3.8, 4) is 6.07 Å². The predicted molar refractivity (Wildman–Crippen MR) is 83.2 cm³/mol. The van der Waals surface area contributed by atoms with Gasteiger partial charge in [-0.05, 0) is 29.3 Å². The minimum Gasteiger partial charge on any atom is -0.309 e. The highest BCUT2D eigenvalue weighted by Gasteiger charge is 2.21. The van der Waals surface area contributed by atoms with Crippen molar-refractivity contribution in [1.29, 1.82) is 5.26 Å². The van der Waals surface area contributed by atoms with Crippen molar-refractivity contribution in [3.05, 3.63) is 47.5 Å². The Morgan fingerprint density at radius 2 is 1.81 bits per heavy atom. The number of benzene rings is 2. The molecule has 0 radical (unpaired) electrons. The van der Waals surface area contributed by atoms with Gasteiger partial charge in [0, 0.05) is 6.16 Å². The standard InChI is InChI=1S/C16H18NO3P/c1-3-19-21(18,4-2)20-12-14-10-9-13(11-17)15-7-5-6-8-16(14)15/h5-10H,3-4,12H2,1-2H3. The van der Waals surface area contributed by atoms with E-state index >= 15 is 0 Å². The smallest absolute Gasteiger partial charge is 0.309 e. The minimum atomic E-state index is -3.03. The maximum absolute atomic E-state index is 12.3. The van der Waals surface area contributed by atoms with Gasteiger partial charge < -0.3 is 9.05 Å². The first-order valence-corrected chi connectivity index (χ1v) is 8.65. The number of nitriles is 1. The Hall–Kier alpha value is -1.66. The third-order valence-corrected chi connectivity index (χ3v) is 5.21. The summed E-state index contributed by atoms with van der Waals surface area (Å²) in [4.78, 5) is 0. The molecule has 4 nitrogen and oxygen atoms in total. The van der Waals surface area contributed by atoms with Gasteiger partial charge in [0.1, 0.15) is 0 Å². The van der Waals surface area contributed by atoms with Gasteiger partial charge in [0.15, 0.2) is 0 Å². The Morgan fingerprint density at radius 1 is 1.10 bits per heavy atom. The van der Waals surface area contributed by atoms with E-state index in [9.17, 15) is 4.57 Å². The van der Waals surface area contributed by atoms with E-state index < -0.39 is 7.60 Å². The van der Waals surface area contributed by atoms with Gasteiger partial charge in [-0.2, -0.15) is 5.26 Å². The lowest BCUT2D eigenvalue weighted by molar-refractivity contribution is 0.206. The summed E-state index contributed by atoms with van der Waals surface area (Å²) in [5.74, 6) is 0. The van der Waals surface area contributed by atoms with Gasteiger partial charge in [0.05, 0.1) is 24.8 Å². The van der Waals surface area contributed by atoms with Crippen molar-refractivity contribution < 1.29 is 13.6 Å². The number of hydrogen-bond donors (Lipinski definition) is 0. The Morgan fingerprint density at radius 3 is 2.43 bits per heavy atom. The van der Waals surface area contributed by atoms with Crippen LogP contribution in [0.5, 0.6) is 0 Å². The molecule has 1 atom stereocenters. The van der Waals surface area contributed by atoms with Crippen LogP contribution in [0.1, 0.15) is 25.0 Å². The summed E-state index contributed by atoms with van der Waals surface area (Å²) >= 11 is 0. The molecule has 0 aliphatic heterocycles. The average Bonchev–Trinajstić information content (AvgIpc) is 2.53. The zero-order valence-corrected chi connectivity index (χ0v) is 13.1. The molecule has 0 amide bonds. The van der Waals surface area contributed by atoms with Crippen LogP contribution in [-0.4, -0.2) is 12.8 Å². The lowest BCUT2D eigenvalue weighted by Crippen LogP contribution is -1.99. The van der Waals surface area contributed by atoms with Crippen LogP contribution < -0.4 is 0 Å². The fourth-order valence-electron chi connectivity index (χ4n) is 2.17. The van der Waals surface area contributed by atoms with Crippen LogP contribution in [0.2, 0.25) is 0 Å². The van der Waals surface area contributed by atoms with E-state index in [0.29, 0.717) is 18.3 Å². The summed E-state index contributed by atoms with van der Waals surface area (Å²) in [5, 5.41) is 11.0. The van der Waals surface area contributed by atoms with Gasteiger partial charge in [-0.3, -0.25) is 4.57 Å². The van der Waals surface area contributed by atoms with Gasteiger partial charge >= 0.3 is 7.60 Å². The maximum Gasteiger partial charge on any atom is 0.330 e. The number of rotatable bonds is 6. The zero-order valence-electron chi connectivity index (χ0n) is 12.2. The Bertz CT molecular complexity index is 721. The normalized spacial score (nSPS) is 13.8. The number of fused-ring (bicyclic) bond motifs is 1. The quantitative estimate of drug-likeness (QED) is 0.738. The molecule has 0 spiro atoms. The third kappa shape index (κ3) is 3.51.